The van der Waals surface area contributed by atoms with Crippen molar-refractivity contribution in [3.63, 3.8) is 0 Å². The lowest BCUT2D eigenvalue weighted by molar-refractivity contribution is -0.122. The second-order valence-electron chi connectivity index (χ2n) is 7.84. The molecule has 3 aromatic carbocycles. The minimum Gasteiger partial charge on any atom is -0.476 e. The van der Waals surface area contributed by atoms with Crippen molar-refractivity contribution in [3.8, 4) is 16.3 Å². The van der Waals surface area contributed by atoms with Crippen molar-refractivity contribution < 1.29 is 17.9 Å². The van der Waals surface area contributed by atoms with Gasteiger partial charge in [-0.15, -0.1) is 10.2 Å². The number of fused-ring (bicyclic) bond motifs is 1. The first-order valence-corrected chi connectivity index (χ1v) is 13.2. The summed E-state index contributed by atoms with van der Waals surface area (Å²) < 4.78 is 34.1. The Morgan fingerprint density at radius 2 is 1.83 bits per heavy atom. The Labute approximate surface area is 211 Å². The van der Waals surface area contributed by atoms with Gasteiger partial charge in [-0.25, -0.2) is 8.42 Å². The van der Waals surface area contributed by atoms with Crippen molar-refractivity contribution in [2.45, 2.75) is 17.9 Å². The fourth-order valence-corrected chi connectivity index (χ4v) is 5.98. The Bertz CT molecular complexity index is 1490. The number of hydrogen-bond acceptors (Lipinski definition) is 7. The molecule has 0 saturated heterocycles. The van der Waals surface area contributed by atoms with Gasteiger partial charge in [0.1, 0.15) is 10.8 Å². The van der Waals surface area contributed by atoms with Crippen molar-refractivity contribution in [1.29, 1.82) is 0 Å². The summed E-state index contributed by atoms with van der Waals surface area (Å²) in [6.07, 6.45) is -1.09. The maximum atomic E-state index is 13.5. The van der Waals surface area contributed by atoms with E-state index in [0.717, 1.165) is 11.1 Å². The molecule has 5 rings (SSSR count). The van der Waals surface area contributed by atoms with Crippen molar-refractivity contribution in [1.82, 2.24) is 10.2 Å². The maximum Gasteiger partial charge on any atom is 0.269 e. The second kappa shape index (κ2) is 9.29. The number of carbonyl (C=O) groups excluding carboxylic acids is 1. The number of nitrogens with one attached hydrogen (secondary N) is 1. The molecule has 178 valence electrons. The Balaban J connectivity index is 1.41. The molecular formula is C24H19ClN4O4S2. The largest absolute Gasteiger partial charge is 0.476 e. The molecule has 0 bridgehead atoms. The third-order valence-corrected chi connectivity index (χ3v) is 8.29. The van der Waals surface area contributed by atoms with Gasteiger partial charge in [-0.3, -0.25) is 14.4 Å². The number of anilines is 2. The average Bonchev–Trinajstić information content (AvgIpc) is 3.32. The van der Waals surface area contributed by atoms with Gasteiger partial charge in [0.25, 0.3) is 15.9 Å². The molecule has 1 atom stereocenters. The molecule has 4 aromatic rings. The van der Waals surface area contributed by atoms with E-state index in [1.807, 2.05) is 19.1 Å². The number of rotatable bonds is 5. The summed E-state index contributed by atoms with van der Waals surface area (Å²) in [5.41, 5.74) is 2.07. The molecule has 1 aliphatic heterocycles. The molecule has 35 heavy (non-hydrogen) atoms. The van der Waals surface area contributed by atoms with Crippen LogP contribution in [0.15, 0.2) is 77.7 Å². The highest BCUT2D eigenvalue weighted by Crippen LogP contribution is 2.38. The number of carbonyl (C=O) groups is 1. The van der Waals surface area contributed by atoms with E-state index in [9.17, 15) is 13.2 Å². The van der Waals surface area contributed by atoms with Gasteiger partial charge in [-0.05, 0) is 48.9 Å². The Kier molecular flexibility index (Phi) is 6.18. The predicted molar refractivity (Wildman–Crippen MR) is 136 cm³/mol. The van der Waals surface area contributed by atoms with Crippen LogP contribution in [0.4, 0.5) is 10.8 Å². The molecule has 0 saturated carbocycles. The monoisotopic (exact) mass is 526 g/mol. The minimum absolute atomic E-state index is 0.130. The molecule has 1 aliphatic rings. The first kappa shape index (κ1) is 23.3. The van der Waals surface area contributed by atoms with E-state index in [1.165, 1.54) is 27.8 Å². The number of aryl methyl sites for hydroxylation is 1. The van der Waals surface area contributed by atoms with E-state index in [-0.39, 0.29) is 16.6 Å². The Morgan fingerprint density at radius 3 is 2.57 bits per heavy atom. The number of nitrogens with zero attached hydrogens (tertiary/aromatic N) is 3. The van der Waals surface area contributed by atoms with E-state index in [4.69, 9.17) is 16.3 Å². The molecular weight excluding hydrogens is 508 g/mol. The van der Waals surface area contributed by atoms with E-state index in [0.29, 0.717) is 21.5 Å². The van der Waals surface area contributed by atoms with Crippen molar-refractivity contribution >= 4 is 49.7 Å². The number of ether oxygens (including phenoxy) is 1. The van der Waals surface area contributed by atoms with Crippen LogP contribution in [0.2, 0.25) is 5.02 Å². The van der Waals surface area contributed by atoms with Gasteiger partial charge in [-0.2, -0.15) is 0 Å². The Morgan fingerprint density at radius 1 is 1.09 bits per heavy atom. The maximum absolute atomic E-state index is 13.5. The first-order chi connectivity index (χ1) is 16.8. The summed E-state index contributed by atoms with van der Waals surface area (Å²) in [6.45, 7) is 1.67. The highest BCUT2D eigenvalue weighted by Gasteiger charge is 2.38. The Hall–Kier alpha value is -3.47. The number of hydrogen-bond donors (Lipinski definition) is 1. The molecule has 1 unspecified atom stereocenters. The summed E-state index contributed by atoms with van der Waals surface area (Å²) in [4.78, 5) is 13.2. The fraction of sp³-hybridized carbons (Fsp3) is 0.125. The molecule has 0 fully saturated rings. The fourth-order valence-electron chi connectivity index (χ4n) is 3.61. The van der Waals surface area contributed by atoms with Crippen LogP contribution in [0, 0.1) is 6.92 Å². The van der Waals surface area contributed by atoms with Gasteiger partial charge in [0.15, 0.2) is 6.10 Å². The molecule has 11 heteroatoms. The van der Waals surface area contributed by atoms with Gasteiger partial charge in [0.05, 0.1) is 17.1 Å². The molecule has 2 heterocycles. The predicted octanol–water partition coefficient (Wildman–Crippen LogP) is 4.76. The first-order valence-electron chi connectivity index (χ1n) is 10.6. The average molecular weight is 527 g/mol. The molecule has 0 spiro atoms. The van der Waals surface area contributed by atoms with Crippen molar-refractivity contribution in [2.24, 2.45) is 0 Å². The summed E-state index contributed by atoms with van der Waals surface area (Å²) in [5.74, 6) is -0.219. The third-order valence-electron chi connectivity index (χ3n) is 5.35. The van der Waals surface area contributed by atoms with E-state index < -0.39 is 22.0 Å². The van der Waals surface area contributed by atoms with E-state index in [1.54, 1.807) is 48.5 Å². The van der Waals surface area contributed by atoms with Crippen LogP contribution >= 0.6 is 22.9 Å². The lowest BCUT2D eigenvalue weighted by Gasteiger charge is -2.34. The van der Waals surface area contributed by atoms with Crippen LogP contribution in [-0.2, 0) is 14.8 Å². The molecule has 8 nitrogen and oxygen atoms in total. The zero-order valence-electron chi connectivity index (χ0n) is 18.4. The number of halogens is 1. The van der Waals surface area contributed by atoms with Gasteiger partial charge in [-0.1, -0.05) is 59.3 Å². The van der Waals surface area contributed by atoms with Gasteiger partial charge in [0.2, 0.25) is 5.13 Å². The van der Waals surface area contributed by atoms with Crippen molar-refractivity contribution in [3.05, 3.63) is 83.4 Å². The quantitative estimate of drug-likeness (QED) is 0.402. The van der Waals surface area contributed by atoms with Crippen LogP contribution in [-0.4, -0.2) is 37.2 Å². The molecule has 0 radical (unpaired) electrons. The van der Waals surface area contributed by atoms with E-state index in [2.05, 4.69) is 15.5 Å². The van der Waals surface area contributed by atoms with Crippen LogP contribution in [0.3, 0.4) is 0 Å². The van der Waals surface area contributed by atoms with Gasteiger partial charge >= 0.3 is 0 Å². The van der Waals surface area contributed by atoms with Crippen LogP contribution in [0.5, 0.6) is 5.75 Å². The highest BCUT2D eigenvalue weighted by molar-refractivity contribution is 7.92. The van der Waals surface area contributed by atoms with Crippen LogP contribution in [0.1, 0.15) is 5.56 Å². The molecule has 1 aromatic heterocycles. The summed E-state index contributed by atoms with van der Waals surface area (Å²) in [5, 5.41) is 12.3. The standard InChI is InChI=1S/C24H19ClN4O4S2/c1-15-7-12-20-19(13-15)29(35(31,32)18-5-3-2-4-6-18)14-21(33-20)22(30)26-24-28-27-23(34-24)16-8-10-17(25)11-9-16/h2-13,21H,14H2,1H3,(H,26,28,30). The molecule has 1 amide bonds. The summed E-state index contributed by atoms with van der Waals surface area (Å²) >= 11 is 7.13. The minimum atomic E-state index is -3.93. The number of aromatic nitrogens is 2. The lowest BCUT2D eigenvalue weighted by atomic mass is 10.1. The van der Waals surface area contributed by atoms with Gasteiger partial charge < -0.3 is 4.74 Å². The number of benzene rings is 3. The number of amides is 1. The molecule has 1 N–H and O–H groups in total. The van der Waals surface area contributed by atoms with Crippen LogP contribution in [0.25, 0.3) is 10.6 Å². The van der Waals surface area contributed by atoms with Crippen molar-refractivity contribution in [2.75, 3.05) is 16.2 Å². The zero-order valence-corrected chi connectivity index (χ0v) is 20.8. The molecule has 0 aliphatic carbocycles. The summed E-state index contributed by atoms with van der Waals surface area (Å²) in [7, 11) is -3.93. The van der Waals surface area contributed by atoms with Crippen LogP contribution < -0.4 is 14.4 Å². The summed E-state index contributed by atoms with van der Waals surface area (Å²) in [6, 6.07) is 20.4. The highest BCUT2D eigenvalue weighted by atomic mass is 35.5. The SMILES string of the molecule is Cc1ccc2c(c1)N(S(=O)(=O)c1ccccc1)CC(C(=O)Nc1nnc(-c3ccc(Cl)cc3)s1)O2. The van der Waals surface area contributed by atoms with E-state index >= 15 is 0 Å². The normalized spacial score (nSPS) is 15.3. The zero-order chi connectivity index (χ0) is 24.6. The second-order valence-corrected chi connectivity index (χ2v) is 11.1. The van der Waals surface area contributed by atoms with Gasteiger partial charge in [0, 0.05) is 10.6 Å². The third kappa shape index (κ3) is 4.72. The smallest absolute Gasteiger partial charge is 0.269 e. The number of sulfonamides is 1. The topological polar surface area (TPSA) is 101 Å². The lowest BCUT2D eigenvalue weighted by Crippen LogP contribution is -2.48.